The summed E-state index contributed by atoms with van der Waals surface area (Å²) in [5.41, 5.74) is 2.40. The minimum atomic E-state index is -3.00. The van der Waals surface area contributed by atoms with Gasteiger partial charge in [0.1, 0.15) is 11.8 Å². The topological polar surface area (TPSA) is 79.8 Å². The zero-order valence-corrected chi connectivity index (χ0v) is 16.1. The number of benzene rings is 2. The summed E-state index contributed by atoms with van der Waals surface area (Å²) in [6.45, 7) is 1.90. The lowest BCUT2D eigenvalue weighted by Gasteiger charge is -2.19. The van der Waals surface area contributed by atoms with Crippen LogP contribution < -0.4 is 10.6 Å². The molecule has 1 saturated heterocycles. The van der Waals surface area contributed by atoms with Crippen molar-refractivity contribution in [1.29, 1.82) is 0 Å². The molecule has 2 atom stereocenters. The van der Waals surface area contributed by atoms with Gasteiger partial charge in [-0.2, -0.15) is 0 Å². The highest BCUT2D eigenvalue weighted by Crippen LogP contribution is 2.21. The Labute approximate surface area is 158 Å². The van der Waals surface area contributed by atoms with Crippen LogP contribution in [-0.4, -0.2) is 31.9 Å². The Bertz CT molecular complexity index is 900. The Morgan fingerprint density at radius 1 is 1.23 bits per heavy atom. The maximum absolute atomic E-state index is 12.9. The van der Waals surface area contributed by atoms with Crippen LogP contribution in [0.25, 0.3) is 0 Å². The third-order valence-electron chi connectivity index (χ3n) is 4.61. The summed E-state index contributed by atoms with van der Waals surface area (Å²) in [4.78, 5) is 12.9. The Morgan fingerprint density at radius 3 is 2.58 bits per heavy atom. The first-order valence-corrected chi connectivity index (χ1v) is 10.7. The highest BCUT2D eigenvalue weighted by atomic mass is 35.5. The number of quaternary nitrogens is 1. The number of aryl methyl sites for hydroxylation is 1. The molecule has 138 valence electrons. The van der Waals surface area contributed by atoms with Crippen molar-refractivity contribution in [3.05, 3.63) is 64.7 Å². The molecule has 5 nitrogen and oxygen atoms in total. The molecular weight excluding hydrogens is 372 g/mol. The molecule has 1 aliphatic heterocycles. The van der Waals surface area contributed by atoms with Crippen LogP contribution in [0.2, 0.25) is 5.02 Å². The van der Waals surface area contributed by atoms with Gasteiger partial charge in [-0.05, 0) is 24.6 Å². The Balaban J connectivity index is 1.80. The van der Waals surface area contributed by atoms with Crippen LogP contribution >= 0.6 is 11.6 Å². The van der Waals surface area contributed by atoms with Gasteiger partial charge in [0.15, 0.2) is 15.9 Å². The van der Waals surface area contributed by atoms with Crippen LogP contribution in [-0.2, 0) is 14.6 Å². The monoisotopic (exact) mass is 393 g/mol. The second-order valence-electron chi connectivity index (χ2n) is 6.70. The summed E-state index contributed by atoms with van der Waals surface area (Å²) in [5, 5.41) is 5.35. The van der Waals surface area contributed by atoms with E-state index in [-0.39, 0.29) is 23.5 Å². The van der Waals surface area contributed by atoms with Gasteiger partial charge in [0.2, 0.25) is 0 Å². The van der Waals surface area contributed by atoms with Crippen molar-refractivity contribution < 1.29 is 18.5 Å². The lowest BCUT2D eigenvalue weighted by Crippen LogP contribution is -2.93. The number of nitrogens with two attached hydrogens (primary N) is 1. The van der Waals surface area contributed by atoms with E-state index in [0.717, 1.165) is 11.1 Å². The fourth-order valence-electron chi connectivity index (χ4n) is 3.15. The molecule has 0 saturated carbocycles. The highest BCUT2D eigenvalue weighted by Gasteiger charge is 2.35. The number of halogens is 1. The summed E-state index contributed by atoms with van der Waals surface area (Å²) in [6.07, 6.45) is 0.565. The Hall–Kier alpha value is -1.89. The van der Waals surface area contributed by atoms with E-state index in [0.29, 0.717) is 17.1 Å². The van der Waals surface area contributed by atoms with Gasteiger partial charge in [0.25, 0.3) is 5.91 Å². The van der Waals surface area contributed by atoms with Gasteiger partial charge < -0.3 is 10.6 Å². The molecule has 1 amide bonds. The number of amides is 1. The van der Waals surface area contributed by atoms with Gasteiger partial charge >= 0.3 is 0 Å². The quantitative estimate of drug-likeness (QED) is 0.816. The molecule has 7 heteroatoms. The molecule has 3 rings (SSSR count). The van der Waals surface area contributed by atoms with Crippen molar-refractivity contribution in [2.45, 2.75) is 25.4 Å². The van der Waals surface area contributed by atoms with Crippen LogP contribution in [0.15, 0.2) is 48.5 Å². The fourth-order valence-corrected chi connectivity index (χ4v) is 5.09. The highest BCUT2D eigenvalue weighted by molar-refractivity contribution is 7.91. The second kappa shape index (κ2) is 7.78. The van der Waals surface area contributed by atoms with E-state index in [1.807, 2.05) is 48.6 Å². The van der Waals surface area contributed by atoms with E-state index >= 15 is 0 Å². The standard InChI is InChI=1S/C19H21ClN2O3S/c1-13-7-8-15(11-17(13)20)22-19(23)18(14-5-3-2-4-6-14)21-16-9-10-26(24,25)12-16/h2-8,11,16,18,21H,9-10,12H2,1H3,(H,22,23)/p+1/t16-,18+/m0/s1. The van der Waals surface area contributed by atoms with Crippen LogP contribution in [0, 0.1) is 6.92 Å². The summed E-state index contributed by atoms with van der Waals surface area (Å²) < 4.78 is 23.5. The lowest BCUT2D eigenvalue weighted by atomic mass is 10.0. The van der Waals surface area contributed by atoms with Crippen molar-refractivity contribution in [1.82, 2.24) is 0 Å². The van der Waals surface area contributed by atoms with Gasteiger partial charge in [0, 0.05) is 22.7 Å². The Kier molecular flexibility index (Phi) is 5.65. The molecular formula is C19H22ClN2O3S+. The first kappa shape index (κ1) is 18.9. The zero-order chi connectivity index (χ0) is 18.7. The summed E-state index contributed by atoms with van der Waals surface area (Å²) in [6, 6.07) is 14.1. The van der Waals surface area contributed by atoms with E-state index in [1.54, 1.807) is 12.1 Å². The number of hydrogen-bond donors (Lipinski definition) is 2. The molecule has 0 aliphatic carbocycles. The third-order valence-corrected chi connectivity index (χ3v) is 6.81. The van der Waals surface area contributed by atoms with Crippen LogP contribution in [0.1, 0.15) is 23.6 Å². The summed E-state index contributed by atoms with van der Waals surface area (Å²) in [7, 11) is -3.00. The van der Waals surface area contributed by atoms with Crippen LogP contribution in [0.5, 0.6) is 0 Å². The minimum absolute atomic E-state index is 0.111. The van der Waals surface area contributed by atoms with Crippen molar-refractivity contribution in [2.75, 3.05) is 16.8 Å². The molecule has 0 spiro atoms. The van der Waals surface area contributed by atoms with Gasteiger partial charge in [-0.25, -0.2) is 8.42 Å². The zero-order valence-electron chi connectivity index (χ0n) is 14.5. The number of nitrogens with one attached hydrogen (secondary N) is 1. The van der Waals surface area contributed by atoms with Crippen molar-refractivity contribution in [3.8, 4) is 0 Å². The van der Waals surface area contributed by atoms with Crippen molar-refractivity contribution >= 4 is 33.0 Å². The Morgan fingerprint density at radius 2 is 1.96 bits per heavy atom. The molecule has 26 heavy (non-hydrogen) atoms. The molecule has 1 fully saturated rings. The molecule has 1 heterocycles. The number of hydrogen-bond acceptors (Lipinski definition) is 3. The predicted molar refractivity (Wildman–Crippen MR) is 103 cm³/mol. The minimum Gasteiger partial charge on any atom is -0.329 e. The number of anilines is 1. The normalized spacial score (nSPS) is 19.8. The van der Waals surface area contributed by atoms with Crippen LogP contribution in [0.3, 0.4) is 0 Å². The first-order valence-electron chi connectivity index (χ1n) is 8.51. The largest absolute Gasteiger partial charge is 0.329 e. The second-order valence-corrected chi connectivity index (χ2v) is 9.33. The molecule has 0 unspecified atom stereocenters. The number of carbonyl (C=O) groups is 1. The number of sulfone groups is 1. The fraction of sp³-hybridized carbons (Fsp3) is 0.316. The average molecular weight is 394 g/mol. The third kappa shape index (κ3) is 4.63. The number of carbonyl (C=O) groups excluding carboxylic acids is 1. The van der Waals surface area contributed by atoms with Gasteiger partial charge in [-0.15, -0.1) is 0 Å². The molecule has 3 N–H and O–H groups in total. The van der Waals surface area contributed by atoms with Gasteiger partial charge in [0.05, 0.1) is 5.75 Å². The lowest BCUT2D eigenvalue weighted by molar-refractivity contribution is -0.710. The van der Waals surface area contributed by atoms with E-state index in [9.17, 15) is 13.2 Å². The smallest absolute Gasteiger partial charge is 0.287 e. The predicted octanol–water partition coefficient (Wildman–Crippen LogP) is 2.08. The van der Waals surface area contributed by atoms with Gasteiger partial charge in [-0.1, -0.05) is 48.0 Å². The summed E-state index contributed by atoms with van der Waals surface area (Å²) >= 11 is 6.14. The van der Waals surface area contributed by atoms with Crippen molar-refractivity contribution in [2.24, 2.45) is 0 Å². The van der Waals surface area contributed by atoms with E-state index in [2.05, 4.69) is 5.32 Å². The molecule has 2 aromatic carbocycles. The van der Waals surface area contributed by atoms with E-state index in [1.165, 1.54) is 0 Å². The molecule has 0 bridgehead atoms. The molecule has 2 aromatic rings. The maximum Gasteiger partial charge on any atom is 0.287 e. The van der Waals surface area contributed by atoms with Gasteiger partial charge in [-0.3, -0.25) is 4.79 Å². The number of rotatable bonds is 5. The SMILES string of the molecule is Cc1ccc(NC(=O)[C@H]([NH2+][C@H]2CCS(=O)(=O)C2)c2ccccc2)cc1Cl. The maximum atomic E-state index is 12.9. The van der Waals surface area contributed by atoms with Crippen molar-refractivity contribution in [3.63, 3.8) is 0 Å². The molecule has 0 radical (unpaired) electrons. The summed E-state index contributed by atoms with van der Waals surface area (Å²) in [5.74, 6) is 0.102. The van der Waals surface area contributed by atoms with E-state index < -0.39 is 15.9 Å². The average Bonchev–Trinajstić information content (AvgIpc) is 2.95. The molecule has 1 aliphatic rings. The van der Waals surface area contributed by atoms with E-state index in [4.69, 9.17) is 11.6 Å². The first-order chi connectivity index (χ1) is 12.3. The molecule has 0 aromatic heterocycles. The van der Waals surface area contributed by atoms with Crippen LogP contribution in [0.4, 0.5) is 5.69 Å².